The molecule has 0 aliphatic carbocycles. The average molecular weight is 524 g/mol. The molecule has 0 aliphatic rings. The highest BCUT2D eigenvalue weighted by Gasteiger charge is 2.16. The maximum atomic E-state index is 14.7. The third-order valence-electron chi connectivity index (χ3n) is 5.85. The Kier molecular flexibility index (Phi) is 6.48. The molecular formula is C26H23F2N5O3S. The van der Waals surface area contributed by atoms with Gasteiger partial charge in [-0.2, -0.15) is 5.10 Å². The fourth-order valence-corrected chi connectivity index (χ4v) is 5.05. The van der Waals surface area contributed by atoms with Crippen LogP contribution in [-0.2, 0) is 21.8 Å². The normalized spacial score (nSPS) is 11.8. The number of imidazole rings is 1. The molecular weight excluding hydrogens is 500 g/mol. The number of aromatic nitrogens is 4. The summed E-state index contributed by atoms with van der Waals surface area (Å²) in [5.74, 6) is -1.71. The molecule has 0 amide bonds. The summed E-state index contributed by atoms with van der Waals surface area (Å²) < 4.78 is 64.4. The zero-order valence-corrected chi connectivity index (χ0v) is 20.8. The number of rotatable bonds is 8. The van der Waals surface area contributed by atoms with Gasteiger partial charge in [-0.1, -0.05) is 0 Å². The number of hydrogen-bond donors (Lipinski definition) is 1. The Morgan fingerprint density at radius 1 is 0.973 bits per heavy atom. The number of fused-ring (bicyclic) bond motifs is 1. The van der Waals surface area contributed by atoms with Crippen molar-refractivity contribution in [1.29, 1.82) is 0 Å². The quantitative estimate of drug-likeness (QED) is 0.318. The zero-order valence-electron chi connectivity index (χ0n) is 20.0. The molecule has 3 aromatic heterocycles. The van der Waals surface area contributed by atoms with Gasteiger partial charge in [0.1, 0.15) is 17.3 Å². The van der Waals surface area contributed by atoms with Crippen molar-refractivity contribution in [3.63, 3.8) is 0 Å². The van der Waals surface area contributed by atoms with Gasteiger partial charge in [0.15, 0.2) is 0 Å². The number of anilines is 1. The molecule has 0 atom stereocenters. The molecule has 37 heavy (non-hydrogen) atoms. The van der Waals surface area contributed by atoms with Gasteiger partial charge in [0.2, 0.25) is 10.0 Å². The van der Waals surface area contributed by atoms with E-state index in [1.165, 1.54) is 19.2 Å². The molecule has 5 aromatic rings. The molecule has 2 aromatic carbocycles. The van der Waals surface area contributed by atoms with E-state index in [1.54, 1.807) is 29.2 Å². The number of nitrogens with zero attached hydrogens (tertiary/aromatic N) is 4. The van der Waals surface area contributed by atoms with E-state index >= 15 is 0 Å². The Morgan fingerprint density at radius 2 is 1.78 bits per heavy atom. The molecule has 190 valence electrons. The van der Waals surface area contributed by atoms with E-state index in [4.69, 9.17) is 4.74 Å². The summed E-state index contributed by atoms with van der Waals surface area (Å²) in [5.41, 5.74) is 4.53. The SMILES string of the molecule is COCCS(=O)(=O)Nc1cc(-c2ccc(F)cc2F)cc(-c2cnc3cc(-c4cnn(C)c4)ccn23)c1. The van der Waals surface area contributed by atoms with Gasteiger partial charge in [0, 0.05) is 55.0 Å². The minimum absolute atomic E-state index is 0.0149. The predicted molar refractivity (Wildman–Crippen MR) is 137 cm³/mol. The molecule has 8 nitrogen and oxygen atoms in total. The number of pyridine rings is 1. The molecule has 0 saturated carbocycles. The maximum absolute atomic E-state index is 14.7. The van der Waals surface area contributed by atoms with Gasteiger partial charge in [-0.05, 0) is 53.6 Å². The number of methoxy groups -OCH3 is 1. The van der Waals surface area contributed by atoms with Crippen molar-refractivity contribution in [2.75, 3.05) is 24.2 Å². The molecule has 0 unspecified atom stereocenters. The number of ether oxygens (including phenoxy) is 1. The van der Waals surface area contributed by atoms with Crippen LogP contribution in [0.3, 0.4) is 0 Å². The minimum atomic E-state index is -3.73. The van der Waals surface area contributed by atoms with Crippen LogP contribution in [0.15, 0.2) is 73.3 Å². The molecule has 3 heterocycles. The first kappa shape index (κ1) is 24.6. The summed E-state index contributed by atoms with van der Waals surface area (Å²) in [6.45, 7) is 0.0149. The molecule has 0 spiro atoms. The van der Waals surface area contributed by atoms with E-state index < -0.39 is 21.7 Å². The van der Waals surface area contributed by atoms with Crippen LogP contribution in [0.4, 0.5) is 14.5 Å². The Bertz CT molecular complexity index is 1710. The van der Waals surface area contributed by atoms with Crippen LogP contribution in [0.2, 0.25) is 0 Å². The van der Waals surface area contributed by atoms with Gasteiger partial charge in [0.25, 0.3) is 0 Å². The van der Waals surface area contributed by atoms with E-state index in [0.717, 1.165) is 23.3 Å². The van der Waals surface area contributed by atoms with Crippen molar-refractivity contribution < 1.29 is 21.9 Å². The molecule has 0 bridgehead atoms. The van der Waals surface area contributed by atoms with E-state index in [9.17, 15) is 17.2 Å². The van der Waals surface area contributed by atoms with Crippen molar-refractivity contribution in [2.24, 2.45) is 7.05 Å². The average Bonchev–Trinajstić information content (AvgIpc) is 3.48. The molecule has 0 saturated heterocycles. The monoisotopic (exact) mass is 523 g/mol. The van der Waals surface area contributed by atoms with Crippen LogP contribution in [0.25, 0.3) is 39.2 Å². The number of sulfonamides is 1. The largest absolute Gasteiger partial charge is 0.384 e. The van der Waals surface area contributed by atoms with Gasteiger partial charge in [-0.3, -0.25) is 13.8 Å². The fraction of sp³-hybridized carbons (Fsp3) is 0.154. The number of aryl methyl sites for hydroxylation is 1. The number of nitrogens with one attached hydrogen (secondary N) is 1. The van der Waals surface area contributed by atoms with Crippen molar-refractivity contribution in [1.82, 2.24) is 19.2 Å². The molecule has 0 fully saturated rings. The minimum Gasteiger partial charge on any atom is -0.384 e. The Balaban J connectivity index is 1.62. The lowest BCUT2D eigenvalue weighted by molar-refractivity contribution is 0.217. The van der Waals surface area contributed by atoms with E-state index in [0.29, 0.717) is 22.5 Å². The number of benzene rings is 2. The first-order valence-electron chi connectivity index (χ1n) is 11.3. The summed E-state index contributed by atoms with van der Waals surface area (Å²) in [7, 11) is -0.480. The summed E-state index contributed by atoms with van der Waals surface area (Å²) in [6, 6.07) is 12.0. The molecule has 11 heteroatoms. The highest BCUT2D eigenvalue weighted by atomic mass is 32.2. The first-order valence-corrected chi connectivity index (χ1v) is 12.9. The Hall–Kier alpha value is -4.09. The molecule has 0 aliphatic heterocycles. The standard InChI is InChI=1S/C26H23F2N5O3S/c1-32-16-20(14-30-32)17-5-6-33-25(15-29-26(33)12-17)19-9-18(23-4-3-21(27)13-24(23)28)10-22(11-19)31-37(34,35)8-7-36-2/h3-6,9-16,31H,7-8H2,1-2H3. The lowest BCUT2D eigenvalue weighted by Gasteiger charge is -2.13. The second-order valence-corrected chi connectivity index (χ2v) is 10.4. The fourth-order valence-electron chi connectivity index (χ4n) is 4.08. The predicted octanol–water partition coefficient (Wildman–Crippen LogP) is 4.74. The van der Waals surface area contributed by atoms with Gasteiger partial charge in [-0.25, -0.2) is 22.2 Å². The lowest BCUT2D eigenvalue weighted by Crippen LogP contribution is -2.19. The highest BCUT2D eigenvalue weighted by molar-refractivity contribution is 7.92. The van der Waals surface area contributed by atoms with Crippen LogP contribution < -0.4 is 4.72 Å². The van der Waals surface area contributed by atoms with Crippen LogP contribution in [0.5, 0.6) is 0 Å². The maximum Gasteiger partial charge on any atom is 0.234 e. The summed E-state index contributed by atoms with van der Waals surface area (Å²) >= 11 is 0. The van der Waals surface area contributed by atoms with Gasteiger partial charge >= 0.3 is 0 Å². The van der Waals surface area contributed by atoms with Crippen LogP contribution in [0.1, 0.15) is 0 Å². The number of halogens is 2. The van der Waals surface area contributed by atoms with Crippen molar-refractivity contribution in [2.45, 2.75) is 0 Å². The summed E-state index contributed by atoms with van der Waals surface area (Å²) in [5, 5.41) is 4.21. The first-order chi connectivity index (χ1) is 17.7. The second-order valence-electron chi connectivity index (χ2n) is 8.53. The van der Waals surface area contributed by atoms with Gasteiger partial charge < -0.3 is 4.74 Å². The third-order valence-corrected chi connectivity index (χ3v) is 7.10. The van der Waals surface area contributed by atoms with Crippen molar-refractivity contribution in [3.05, 3.63) is 85.0 Å². The van der Waals surface area contributed by atoms with Gasteiger partial charge in [0.05, 0.1) is 30.4 Å². The topological polar surface area (TPSA) is 90.5 Å². The zero-order chi connectivity index (χ0) is 26.2. The van der Waals surface area contributed by atoms with E-state index in [-0.39, 0.29) is 23.6 Å². The molecule has 0 radical (unpaired) electrons. The third kappa shape index (κ3) is 5.23. The van der Waals surface area contributed by atoms with Crippen LogP contribution >= 0.6 is 0 Å². The second kappa shape index (κ2) is 9.75. The van der Waals surface area contributed by atoms with E-state index in [2.05, 4.69) is 14.8 Å². The molecule has 5 rings (SSSR count). The van der Waals surface area contributed by atoms with Crippen molar-refractivity contribution in [3.8, 4) is 33.5 Å². The highest BCUT2D eigenvalue weighted by Crippen LogP contribution is 2.33. The molecule has 1 N–H and O–H groups in total. The summed E-state index contributed by atoms with van der Waals surface area (Å²) in [4.78, 5) is 4.52. The van der Waals surface area contributed by atoms with Crippen molar-refractivity contribution >= 4 is 21.4 Å². The number of hydrogen-bond acceptors (Lipinski definition) is 5. The summed E-state index contributed by atoms with van der Waals surface area (Å²) in [6.07, 6.45) is 7.18. The Labute approximate surface area is 212 Å². The van der Waals surface area contributed by atoms with Crippen LogP contribution in [0, 0.1) is 11.6 Å². The van der Waals surface area contributed by atoms with E-state index in [1.807, 2.05) is 36.0 Å². The Morgan fingerprint density at radius 3 is 2.51 bits per heavy atom. The van der Waals surface area contributed by atoms with Gasteiger partial charge in [-0.15, -0.1) is 0 Å². The van der Waals surface area contributed by atoms with Crippen LogP contribution in [-0.4, -0.2) is 47.1 Å². The smallest absolute Gasteiger partial charge is 0.234 e. The lowest BCUT2D eigenvalue weighted by atomic mass is 10.00.